The molecule has 2 heterocycles. The van der Waals surface area contributed by atoms with Gasteiger partial charge in [-0.1, -0.05) is 18.2 Å². The molecule has 1 atom stereocenters. The van der Waals surface area contributed by atoms with Crippen molar-refractivity contribution in [3.63, 3.8) is 0 Å². The van der Waals surface area contributed by atoms with Crippen LogP contribution in [0.15, 0.2) is 36.4 Å². The molecule has 8 nitrogen and oxygen atoms in total. The number of anilines is 1. The summed E-state index contributed by atoms with van der Waals surface area (Å²) in [5.41, 5.74) is 0.797. The summed E-state index contributed by atoms with van der Waals surface area (Å²) in [7, 11) is -3.08. The number of hydrogen-bond acceptors (Lipinski definition) is 5. The fourth-order valence-electron chi connectivity index (χ4n) is 2.70. The lowest BCUT2D eigenvalue weighted by molar-refractivity contribution is -0.114. The van der Waals surface area contributed by atoms with Gasteiger partial charge in [-0.2, -0.15) is 5.10 Å². The fourth-order valence-corrected chi connectivity index (χ4v) is 4.37. The Morgan fingerprint density at radius 3 is 2.56 bits per heavy atom. The number of nitrogens with zero attached hydrogens (tertiary/aromatic N) is 2. The second-order valence-corrected chi connectivity index (χ2v) is 8.15. The first kappa shape index (κ1) is 17.2. The number of hydrogen-bond donors (Lipinski definition) is 2. The third-order valence-corrected chi connectivity index (χ3v) is 5.58. The van der Waals surface area contributed by atoms with Crippen LogP contribution >= 0.6 is 0 Å². The maximum atomic E-state index is 12.4. The van der Waals surface area contributed by atoms with Crippen molar-refractivity contribution in [1.82, 2.24) is 15.1 Å². The van der Waals surface area contributed by atoms with Gasteiger partial charge in [0.2, 0.25) is 5.91 Å². The highest BCUT2D eigenvalue weighted by molar-refractivity contribution is 7.91. The predicted octanol–water partition coefficient (Wildman–Crippen LogP) is 0.748. The molecule has 2 N–H and O–H groups in total. The second kappa shape index (κ2) is 6.67. The lowest BCUT2D eigenvalue weighted by Crippen LogP contribution is -2.35. The van der Waals surface area contributed by atoms with Crippen molar-refractivity contribution in [2.24, 2.45) is 0 Å². The van der Waals surface area contributed by atoms with Crippen LogP contribution in [0.5, 0.6) is 0 Å². The van der Waals surface area contributed by atoms with Crippen LogP contribution in [0.3, 0.4) is 0 Å². The van der Waals surface area contributed by atoms with Gasteiger partial charge in [-0.05, 0) is 18.6 Å². The zero-order chi connectivity index (χ0) is 18.0. The van der Waals surface area contributed by atoms with E-state index in [-0.39, 0.29) is 23.1 Å². The average molecular weight is 362 g/mol. The molecule has 1 aliphatic heterocycles. The molecule has 1 saturated heterocycles. The molecule has 1 aliphatic rings. The molecule has 1 aromatic heterocycles. The van der Waals surface area contributed by atoms with Gasteiger partial charge in [0.25, 0.3) is 5.91 Å². The molecule has 1 aromatic carbocycles. The van der Waals surface area contributed by atoms with Crippen molar-refractivity contribution in [2.75, 3.05) is 16.8 Å². The first-order valence-corrected chi connectivity index (χ1v) is 9.60. The minimum Gasteiger partial charge on any atom is -0.347 e. The molecule has 132 valence electrons. The molecule has 2 aromatic rings. The number of nitrogens with one attached hydrogen (secondary N) is 2. The van der Waals surface area contributed by atoms with E-state index in [1.165, 1.54) is 17.7 Å². The summed E-state index contributed by atoms with van der Waals surface area (Å²) in [5.74, 6) is -0.373. The Morgan fingerprint density at radius 1 is 1.24 bits per heavy atom. The van der Waals surface area contributed by atoms with Gasteiger partial charge in [0.1, 0.15) is 5.82 Å². The molecular formula is C16H18N4O4S. The Kier molecular flexibility index (Phi) is 4.58. The molecule has 0 spiro atoms. The van der Waals surface area contributed by atoms with E-state index in [0.717, 1.165) is 0 Å². The van der Waals surface area contributed by atoms with Crippen LogP contribution in [0.2, 0.25) is 0 Å². The number of carbonyl (C=O) groups excluding carboxylic acids is 2. The van der Waals surface area contributed by atoms with E-state index in [4.69, 9.17) is 0 Å². The van der Waals surface area contributed by atoms with Gasteiger partial charge in [-0.25, -0.2) is 13.1 Å². The Hall–Kier alpha value is -2.68. The van der Waals surface area contributed by atoms with Crippen LogP contribution in [-0.2, 0) is 14.6 Å². The van der Waals surface area contributed by atoms with Crippen molar-refractivity contribution in [1.29, 1.82) is 0 Å². The molecule has 1 fully saturated rings. The van der Waals surface area contributed by atoms with Gasteiger partial charge in [0, 0.05) is 19.0 Å². The summed E-state index contributed by atoms with van der Waals surface area (Å²) in [5, 5.41) is 9.58. The lowest BCUT2D eigenvalue weighted by atomic mass is 10.2. The Balaban J connectivity index is 1.85. The summed E-state index contributed by atoms with van der Waals surface area (Å²) in [6.07, 6.45) is 0.395. The summed E-state index contributed by atoms with van der Waals surface area (Å²) >= 11 is 0. The van der Waals surface area contributed by atoms with Gasteiger partial charge in [0.15, 0.2) is 15.5 Å². The fraction of sp³-hybridized carbons (Fsp3) is 0.312. The van der Waals surface area contributed by atoms with Crippen molar-refractivity contribution in [3.05, 3.63) is 42.1 Å². The van der Waals surface area contributed by atoms with E-state index in [1.54, 1.807) is 12.1 Å². The van der Waals surface area contributed by atoms with E-state index in [2.05, 4.69) is 15.7 Å². The molecule has 0 radical (unpaired) electrons. The third kappa shape index (κ3) is 4.05. The van der Waals surface area contributed by atoms with Crippen LogP contribution in [0.1, 0.15) is 23.8 Å². The first-order valence-electron chi connectivity index (χ1n) is 7.78. The Morgan fingerprint density at radius 2 is 1.96 bits per heavy atom. The predicted molar refractivity (Wildman–Crippen MR) is 92.4 cm³/mol. The van der Waals surface area contributed by atoms with Gasteiger partial charge in [0.05, 0.1) is 17.2 Å². The molecule has 0 aliphatic carbocycles. The lowest BCUT2D eigenvalue weighted by Gasteiger charge is -2.08. The van der Waals surface area contributed by atoms with E-state index >= 15 is 0 Å². The van der Waals surface area contributed by atoms with Crippen LogP contribution in [0.4, 0.5) is 5.82 Å². The summed E-state index contributed by atoms with van der Waals surface area (Å²) in [6.45, 7) is 1.37. The maximum Gasteiger partial charge on any atom is 0.272 e. The highest BCUT2D eigenvalue weighted by atomic mass is 32.2. The van der Waals surface area contributed by atoms with Crippen LogP contribution < -0.4 is 10.6 Å². The van der Waals surface area contributed by atoms with Crippen molar-refractivity contribution in [2.45, 2.75) is 19.4 Å². The Labute approximate surface area is 145 Å². The number of amides is 2. The number of aromatic nitrogens is 2. The van der Waals surface area contributed by atoms with Crippen molar-refractivity contribution in [3.8, 4) is 5.69 Å². The largest absolute Gasteiger partial charge is 0.347 e. The van der Waals surface area contributed by atoms with Crippen molar-refractivity contribution < 1.29 is 18.0 Å². The third-order valence-electron chi connectivity index (χ3n) is 3.81. The number of para-hydroxylation sites is 1. The summed E-state index contributed by atoms with van der Waals surface area (Å²) in [6, 6.07) is 10.1. The Bertz CT molecular complexity index is 905. The number of rotatable bonds is 4. The van der Waals surface area contributed by atoms with Crippen LogP contribution in [0.25, 0.3) is 5.69 Å². The molecule has 3 rings (SSSR count). The van der Waals surface area contributed by atoms with Crippen LogP contribution in [0, 0.1) is 0 Å². The monoisotopic (exact) mass is 362 g/mol. The average Bonchev–Trinajstić information content (AvgIpc) is 3.11. The zero-order valence-corrected chi connectivity index (χ0v) is 14.4. The quantitative estimate of drug-likeness (QED) is 0.834. The molecule has 0 saturated carbocycles. The zero-order valence-electron chi connectivity index (χ0n) is 13.6. The van der Waals surface area contributed by atoms with E-state index in [1.807, 2.05) is 18.2 Å². The minimum absolute atomic E-state index is 0.0588. The van der Waals surface area contributed by atoms with Crippen molar-refractivity contribution >= 4 is 27.5 Å². The first-order chi connectivity index (χ1) is 11.8. The number of carbonyl (C=O) groups is 2. The number of sulfone groups is 1. The van der Waals surface area contributed by atoms with Gasteiger partial charge < -0.3 is 10.6 Å². The topological polar surface area (TPSA) is 110 Å². The molecule has 25 heavy (non-hydrogen) atoms. The van der Waals surface area contributed by atoms with Gasteiger partial charge in [-0.15, -0.1) is 0 Å². The standard InChI is InChI=1S/C16H18N4O4S/c1-11(21)17-15-9-14(19-20(15)13-5-3-2-4-6-13)16(22)18-12-7-8-25(23,24)10-12/h2-6,9,12H,7-8,10H2,1H3,(H,17,21)(H,18,22). The highest BCUT2D eigenvalue weighted by Gasteiger charge is 2.30. The second-order valence-electron chi connectivity index (χ2n) is 5.92. The smallest absolute Gasteiger partial charge is 0.272 e. The highest BCUT2D eigenvalue weighted by Crippen LogP contribution is 2.18. The van der Waals surface area contributed by atoms with E-state index in [9.17, 15) is 18.0 Å². The molecular weight excluding hydrogens is 344 g/mol. The summed E-state index contributed by atoms with van der Waals surface area (Å²) in [4.78, 5) is 23.8. The molecule has 0 bridgehead atoms. The van der Waals surface area contributed by atoms with Gasteiger partial charge >= 0.3 is 0 Å². The maximum absolute atomic E-state index is 12.4. The molecule has 1 unspecified atom stereocenters. The summed E-state index contributed by atoms with van der Waals surface area (Å²) < 4.78 is 24.5. The number of benzene rings is 1. The normalized spacial score (nSPS) is 18.7. The minimum atomic E-state index is -3.08. The van der Waals surface area contributed by atoms with E-state index < -0.39 is 21.8 Å². The van der Waals surface area contributed by atoms with Crippen LogP contribution in [-0.4, -0.2) is 47.6 Å². The van der Waals surface area contributed by atoms with Gasteiger partial charge in [-0.3, -0.25) is 9.59 Å². The molecule has 2 amide bonds. The molecule has 9 heteroatoms. The van der Waals surface area contributed by atoms with E-state index in [0.29, 0.717) is 17.9 Å². The SMILES string of the molecule is CC(=O)Nc1cc(C(=O)NC2CCS(=O)(=O)C2)nn1-c1ccccc1.